The van der Waals surface area contributed by atoms with Gasteiger partial charge in [0, 0.05) is 23.1 Å². The molecule has 0 amide bonds. The highest BCUT2D eigenvalue weighted by molar-refractivity contribution is 9.10. The fraction of sp³-hybridized carbons (Fsp3) is 0.308. The molecule has 0 saturated carbocycles. The molecule has 3 rings (SSSR count). The second-order valence-electron chi connectivity index (χ2n) is 4.74. The molecule has 2 heterocycles. The van der Waals surface area contributed by atoms with Crippen molar-refractivity contribution in [1.29, 1.82) is 0 Å². The first-order valence-corrected chi connectivity index (χ1v) is 6.94. The lowest BCUT2D eigenvalue weighted by Crippen LogP contribution is -2.49. The van der Waals surface area contributed by atoms with Gasteiger partial charge in [-0.05, 0) is 24.3 Å². The zero-order chi connectivity index (χ0) is 14.1. The van der Waals surface area contributed by atoms with Gasteiger partial charge in [0.1, 0.15) is 0 Å². The highest BCUT2D eigenvalue weighted by Crippen LogP contribution is 2.22. The van der Waals surface area contributed by atoms with Crippen LogP contribution in [0.5, 0.6) is 0 Å². The summed E-state index contributed by atoms with van der Waals surface area (Å²) in [4.78, 5) is 12.7. The van der Waals surface area contributed by atoms with Crippen molar-refractivity contribution in [2.75, 3.05) is 13.1 Å². The van der Waals surface area contributed by atoms with E-state index in [0.29, 0.717) is 31.4 Å². The van der Waals surface area contributed by atoms with Crippen molar-refractivity contribution in [2.45, 2.75) is 6.54 Å². The number of hydrogen-bond acceptors (Lipinski definition) is 5. The maximum atomic E-state index is 10.7. The Bertz CT molecular complexity index is 620. The molecule has 7 heteroatoms. The zero-order valence-electron chi connectivity index (χ0n) is 10.5. The number of nitrogens with zero attached hydrogens (tertiary/aromatic N) is 3. The van der Waals surface area contributed by atoms with E-state index in [9.17, 15) is 4.79 Å². The minimum Gasteiger partial charge on any atom is -0.481 e. The summed E-state index contributed by atoms with van der Waals surface area (Å²) in [5.74, 6) is -0.0410. The van der Waals surface area contributed by atoms with Gasteiger partial charge in [-0.25, -0.2) is 0 Å². The van der Waals surface area contributed by atoms with E-state index in [2.05, 4.69) is 26.1 Å². The summed E-state index contributed by atoms with van der Waals surface area (Å²) < 4.78 is 6.57. The van der Waals surface area contributed by atoms with Gasteiger partial charge in [0.15, 0.2) is 0 Å². The van der Waals surface area contributed by atoms with Crippen molar-refractivity contribution in [2.24, 2.45) is 5.92 Å². The molecule has 0 radical (unpaired) electrons. The van der Waals surface area contributed by atoms with Crippen LogP contribution in [0, 0.1) is 5.92 Å². The van der Waals surface area contributed by atoms with Crippen molar-refractivity contribution >= 4 is 21.9 Å². The van der Waals surface area contributed by atoms with Crippen LogP contribution in [-0.4, -0.2) is 39.3 Å². The Kier molecular flexibility index (Phi) is 3.54. The standard InChI is InChI=1S/C13H12BrN3O3/c14-10-3-1-8(2-4-10)12-16-15-11(20-12)7-17-5-9(6-17)13(18)19/h1-4,9H,5-7H2,(H,18,19). The molecule has 1 fully saturated rings. The monoisotopic (exact) mass is 337 g/mol. The second kappa shape index (κ2) is 5.34. The smallest absolute Gasteiger partial charge is 0.309 e. The Labute approximate surface area is 123 Å². The molecule has 6 nitrogen and oxygen atoms in total. The predicted molar refractivity (Wildman–Crippen MR) is 73.8 cm³/mol. The van der Waals surface area contributed by atoms with Crippen molar-refractivity contribution in [3.8, 4) is 11.5 Å². The first-order chi connectivity index (χ1) is 9.61. The van der Waals surface area contributed by atoms with Crippen LogP contribution in [0.3, 0.4) is 0 Å². The maximum absolute atomic E-state index is 10.7. The van der Waals surface area contributed by atoms with E-state index < -0.39 is 5.97 Å². The summed E-state index contributed by atoms with van der Waals surface area (Å²) in [6.07, 6.45) is 0. The van der Waals surface area contributed by atoms with Crippen LogP contribution >= 0.6 is 15.9 Å². The van der Waals surface area contributed by atoms with Gasteiger partial charge in [-0.1, -0.05) is 15.9 Å². The topological polar surface area (TPSA) is 79.5 Å². The Morgan fingerprint density at radius 2 is 2.05 bits per heavy atom. The van der Waals surface area contributed by atoms with Gasteiger partial charge in [0.25, 0.3) is 0 Å². The molecule has 0 atom stereocenters. The van der Waals surface area contributed by atoms with Crippen LogP contribution in [0.15, 0.2) is 33.2 Å². The van der Waals surface area contributed by atoms with Gasteiger partial charge in [-0.2, -0.15) is 0 Å². The Balaban J connectivity index is 1.63. The minimum absolute atomic E-state index is 0.274. The number of likely N-dealkylation sites (tertiary alicyclic amines) is 1. The summed E-state index contributed by atoms with van der Waals surface area (Å²) in [6.45, 7) is 1.56. The summed E-state index contributed by atoms with van der Waals surface area (Å²) in [5, 5.41) is 16.8. The predicted octanol–water partition coefficient (Wildman–Crippen LogP) is 2.02. The molecule has 0 spiro atoms. The second-order valence-corrected chi connectivity index (χ2v) is 5.65. The number of carboxylic acids is 1. The van der Waals surface area contributed by atoms with Gasteiger partial charge in [-0.15, -0.1) is 10.2 Å². The molecule has 1 aliphatic rings. The van der Waals surface area contributed by atoms with Gasteiger partial charge in [0.05, 0.1) is 12.5 Å². The number of aromatic nitrogens is 2. The molecule has 1 saturated heterocycles. The van der Waals surface area contributed by atoms with E-state index in [1.54, 1.807) is 0 Å². The molecule has 0 unspecified atom stereocenters. The van der Waals surface area contributed by atoms with Crippen LogP contribution in [0.25, 0.3) is 11.5 Å². The van der Waals surface area contributed by atoms with E-state index in [1.165, 1.54) is 0 Å². The first kappa shape index (κ1) is 13.3. The fourth-order valence-electron chi connectivity index (χ4n) is 2.07. The Hall–Kier alpha value is -1.73. The number of benzene rings is 1. The lowest BCUT2D eigenvalue weighted by Gasteiger charge is -2.35. The molecular formula is C13H12BrN3O3. The van der Waals surface area contributed by atoms with Gasteiger partial charge < -0.3 is 9.52 Å². The van der Waals surface area contributed by atoms with E-state index in [1.807, 2.05) is 29.2 Å². The van der Waals surface area contributed by atoms with Crippen molar-refractivity contribution in [3.63, 3.8) is 0 Å². The number of carboxylic acid groups (broad SMARTS) is 1. The van der Waals surface area contributed by atoms with Crippen LogP contribution < -0.4 is 0 Å². The van der Waals surface area contributed by atoms with Crippen LogP contribution in [0.4, 0.5) is 0 Å². The third-order valence-corrected chi connectivity index (χ3v) is 3.75. The number of hydrogen-bond donors (Lipinski definition) is 1. The Morgan fingerprint density at radius 3 is 2.70 bits per heavy atom. The van der Waals surface area contributed by atoms with Gasteiger partial charge in [0.2, 0.25) is 11.8 Å². The highest BCUT2D eigenvalue weighted by Gasteiger charge is 2.33. The summed E-state index contributed by atoms with van der Waals surface area (Å²) in [5.41, 5.74) is 0.860. The minimum atomic E-state index is -0.748. The van der Waals surface area contributed by atoms with Crippen molar-refractivity contribution in [1.82, 2.24) is 15.1 Å². The van der Waals surface area contributed by atoms with Gasteiger partial charge >= 0.3 is 5.97 Å². The van der Waals surface area contributed by atoms with E-state index in [4.69, 9.17) is 9.52 Å². The largest absolute Gasteiger partial charge is 0.481 e. The number of halogens is 1. The molecule has 1 N–H and O–H groups in total. The van der Waals surface area contributed by atoms with Crippen LogP contribution in [0.1, 0.15) is 5.89 Å². The highest BCUT2D eigenvalue weighted by atomic mass is 79.9. The number of carbonyl (C=O) groups is 1. The summed E-state index contributed by atoms with van der Waals surface area (Å²) in [6, 6.07) is 7.61. The average molecular weight is 338 g/mol. The quantitative estimate of drug-likeness (QED) is 0.919. The van der Waals surface area contributed by atoms with Gasteiger partial charge in [-0.3, -0.25) is 9.69 Å². The average Bonchev–Trinajstić information content (AvgIpc) is 2.82. The molecule has 104 valence electrons. The van der Waals surface area contributed by atoms with Crippen molar-refractivity contribution < 1.29 is 14.3 Å². The third-order valence-electron chi connectivity index (χ3n) is 3.22. The van der Waals surface area contributed by atoms with E-state index >= 15 is 0 Å². The molecule has 1 aromatic carbocycles. The van der Waals surface area contributed by atoms with Crippen molar-refractivity contribution in [3.05, 3.63) is 34.6 Å². The lowest BCUT2D eigenvalue weighted by molar-refractivity contribution is -0.147. The SMILES string of the molecule is O=C(O)C1CN(Cc2nnc(-c3ccc(Br)cc3)o2)C1. The molecule has 0 bridgehead atoms. The van der Waals surface area contributed by atoms with E-state index in [0.717, 1.165) is 10.0 Å². The molecule has 2 aromatic rings. The number of aliphatic carboxylic acids is 1. The molecule has 1 aromatic heterocycles. The fourth-order valence-corrected chi connectivity index (χ4v) is 2.34. The maximum Gasteiger partial charge on any atom is 0.309 e. The Morgan fingerprint density at radius 1 is 1.35 bits per heavy atom. The molecule has 1 aliphatic heterocycles. The zero-order valence-corrected chi connectivity index (χ0v) is 12.1. The molecule has 20 heavy (non-hydrogen) atoms. The van der Waals surface area contributed by atoms with Crippen LogP contribution in [0.2, 0.25) is 0 Å². The van der Waals surface area contributed by atoms with Crippen LogP contribution in [-0.2, 0) is 11.3 Å². The first-order valence-electron chi connectivity index (χ1n) is 6.15. The third kappa shape index (κ3) is 2.73. The van der Waals surface area contributed by atoms with E-state index in [-0.39, 0.29) is 5.92 Å². The molecular weight excluding hydrogens is 326 g/mol. The summed E-state index contributed by atoms with van der Waals surface area (Å²) >= 11 is 3.37. The molecule has 0 aliphatic carbocycles. The number of rotatable bonds is 4. The normalized spacial score (nSPS) is 16.1. The summed E-state index contributed by atoms with van der Waals surface area (Å²) in [7, 11) is 0. The lowest BCUT2D eigenvalue weighted by atomic mass is 10.0.